The first-order valence-electron chi connectivity index (χ1n) is 9.74. The van der Waals surface area contributed by atoms with E-state index in [9.17, 15) is 4.79 Å². The van der Waals surface area contributed by atoms with Crippen LogP contribution in [0.2, 0.25) is 0 Å². The van der Waals surface area contributed by atoms with Gasteiger partial charge in [0, 0.05) is 57.0 Å². The zero-order valence-electron chi connectivity index (χ0n) is 15.9. The summed E-state index contributed by atoms with van der Waals surface area (Å²) in [7, 11) is 3.79. The highest BCUT2D eigenvalue weighted by Gasteiger charge is 2.34. The lowest BCUT2D eigenvalue weighted by atomic mass is 9.80. The Labute approximate surface area is 158 Å². The number of fused-ring (bicyclic) bond motifs is 1. The zero-order valence-corrected chi connectivity index (χ0v) is 15.9. The van der Waals surface area contributed by atoms with Crippen molar-refractivity contribution in [3.8, 4) is 0 Å². The van der Waals surface area contributed by atoms with Gasteiger partial charge in [0.1, 0.15) is 11.9 Å². The van der Waals surface area contributed by atoms with Crippen molar-refractivity contribution in [2.75, 3.05) is 31.6 Å². The van der Waals surface area contributed by atoms with Crippen LogP contribution in [-0.2, 0) is 18.3 Å². The maximum atomic E-state index is 12.6. The summed E-state index contributed by atoms with van der Waals surface area (Å²) in [5, 5.41) is 4.26. The molecule has 7 nitrogen and oxygen atoms in total. The van der Waals surface area contributed by atoms with Gasteiger partial charge in [0.15, 0.2) is 0 Å². The highest BCUT2D eigenvalue weighted by molar-refractivity contribution is 5.99. The molecule has 2 aromatic heterocycles. The number of pyridine rings is 1. The number of aromatic nitrogens is 3. The number of morpholine rings is 1. The van der Waals surface area contributed by atoms with Crippen LogP contribution in [0.1, 0.15) is 58.5 Å². The van der Waals surface area contributed by atoms with Gasteiger partial charge in [-0.05, 0) is 18.9 Å². The van der Waals surface area contributed by atoms with Crippen LogP contribution >= 0.6 is 0 Å². The number of aryl methyl sites for hydroxylation is 1. The van der Waals surface area contributed by atoms with Gasteiger partial charge in [0.05, 0.1) is 24.1 Å². The summed E-state index contributed by atoms with van der Waals surface area (Å²) in [5.74, 6) is 1.54. The summed E-state index contributed by atoms with van der Waals surface area (Å²) in [6, 6.07) is 1.99. The maximum absolute atomic E-state index is 12.6. The Balaban J connectivity index is 1.48. The van der Waals surface area contributed by atoms with E-state index in [-0.39, 0.29) is 12.0 Å². The van der Waals surface area contributed by atoms with Crippen LogP contribution in [0, 0.1) is 0 Å². The van der Waals surface area contributed by atoms with Gasteiger partial charge in [0.25, 0.3) is 5.91 Å². The predicted octanol–water partition coefficient (Wildman–Crippen LogP) is 2.25. The quantitative estimate of drug-likeness (QED) is 0.833. The first-order valence-corrected chi connectivity index (χ1v) is 9.74. The average molecular weight is 367 g/mol. The minimum atomic E-state index is -0.0203. The summed E-state index contributed by atoms with van der Waals surface area (Å²) in [4.78, 5) is 21.8. The highest BCUT2D eigenvalue weighted by atomic mass is 16.5. The number of carbonyl (C=O) groups excluding carboxylic acids is 1. The van der Waals surface area contributed by atoms with E-state index in [4.69, 9.17) is 9.72 Å². The molecule has 0 spiro atoms. The molecule has 3 aliphatic rings. The third-order valence-corrected chi connectivity index (χ3v) is 6.09. The molecule has 1 unspecified atom stereocenters. The van der Waals surface area contributed by atoms with Gasteiger partial charge in [0.2, 0.25) is 0 Å². The molecule has 2 aromatic rings. The van der Waals surface area contributed by atoms with Crippen molar-refractivity contribution in [2.24, 2.45) is 7.05 Å². The third-order valence-electron chi connectivity index (χ3n) is 6.09. The molecule has 7 heteroatoms. The maximum Gasteiger partial charge on any atom is 0.254 e. The van der Waals surface area contributed by atoms with Gasteiger partial charge in [-0.3, -0.25) is 9.48 Å². The molecule has 0 bridgehead atoms. The zero-order chi connectivity index (χ0) is 18.5. The summed E-state index contributed by atoms with van der Waals surface area (Å²) in [5.41, 5.74) is 4.22. The molecule has 2 fully saturated rings. The van der Waals surface area contributed by atoms with Crippen LogP contribution in [0.25, 0.3) is 0 Å². The Morgan fingerprint density at radius 2 is 2.11 bits per heavy atom. The Morgan fingerprint density at radius 3 is 2.81 bits per heavy atom. The number of ether oxygens (including phenoxy) is 1. The van der Waals surface area contributed by atoms with Crippen molar-refractivity contribution in [3.63, 3.8) is 0 Å². The lowest BCUT2D eigenvalue weighted by molar-refractivity contribution is 0.0394. The van der Waals surface area contributed by atoms with Gasteiger partial charge >= 0.3 is 0 Å². The third kappa shape index (κ3) is 2.81. The van der Waals surface area contributed by atoms with E-state index in [1.807, 2.05) is 32.6 Å². The van der Waals surface area contributed by atoms with E-state index in [0.717, 1.165) is 41.3 Å². The Kier molecular flexibility index (Phi) is 3.93. The summed E-state index contributed by atoms with van der Waals surface area (Å²) < 4.78 is 7.77. The SMILES string of the molecule is CN1Cc2c(cc(N3CCOC(c4cnn(C)c4)C3)nc2C2CCC2)C1=O. The Morgan fingerprint density at radius 1 is 1.26 bits per heavy atom. The minimum absolute atomic E-state index is 0.0203. The number of carbonyl (C=O) groups is 1. The van der Waals surface area contributed by atoms with Crippen LogP contribution in [0.3, 0.4) is 0 Å². The number of rotatable bonds is 3. The second-order valence-electron chi connectivity index (χ2n) is 7.93. The highest BCUT2D eigenvalue weighted by Crippen LogP contribution is 2.41. The van der Waals surface area contributed by atoms with Gasteiger partial charge in [-0.15, -0.1) is 0 Å². The van der Waals surface area contributed by atoms with Crippen molar-refractivity contribution in [3.05, 3.63) is 40.8 Å². The molecule has 27 heavy (non-hydrogen) atoms. The fourth-order valence-corrected chi connectivity index (χ4v) is 4.30. The van der Waals surface area contributed by atoms with Gasteiger partial charge < -0.3 is 14.5 Å². The molecule has 1 aliphatic carbocycles. The van der Waals surface area contributed by atoms with Crippen molar-refractivity contribution in [2.45, 2.75) is 37.8 Å². The molecule has 1 atom stereocenters. The van der Waals surface area contributed by atoms with E-state index >= 15 is 0 Å². The van der Waals surface area contributed by atoms with Crippen LogP contribution in [0.15, 0.2) is 18.5 Å². The second-order valence-corrected chi connectivity index (χ2v) is 7.93. The molecule has 4 heterocycles. The second kappa shape index (κ2) is 6.34. The molecule has 0 aromatic carbocycles. The fourth-order valence-electron chi connectivity index (χ4n) is 4.30. The molecule has 142 valence electrons. The molecule has 5 rings (SSSR count). The fraction of sp³-hybridized carbons (Fsp3) is 0.550. The van der Waals surface area contributed by atoms with Crippen molar-refractivity contribution < 1.29 is 9.53 Å². The van der Waals surface area contributed by atoms with E-state index in [0.29, 0.717) is 19.1 Å². The average Bonchev–Trinajstić information content (AvgIpc) is 3.18. The molecule has 1 saturated heterocycles. The predicted molar refractivity (Wildman–Crippen MR) is 101 cm³/mol. The van der Waals surface area contributed by atoms with E-state index < -0.39 is 0 Å². The van der Waals surface area contributed by atoms with Gasteiger partial charge in [-0.25, -0.2) is 4.98 Å². The normalized spacial score (nSPS) is 22.9. The van der Waals surface area contributed by atoms with Crippen LogP contribution in [0.4, 0.5) is 5.82 Å². The van der Waals surface area contributed by atoms with Gasteiger partial charge in [-0.2, -0.15) is 5.10 Å². The number of hydrogen-bond acceptors (Lipinski definition) is 5. The first-order chi connectivity index (χ1) is 13.1. The first kappa shape index (κ1) is 16.7. The van der Waals surface area contributed by atoms with E-state index in [1.54, 1.807) is 9.58 Å². The summed E-state index contributed by atoms with van der Waals surface area (Å²) in [6.45, 7) is 2.85. The summed E-state index contributed by atoms with van der Waals surface area (Å²) >= 11 is 0. The standard InChI is InChI=1S/C20H25N5O2/c1-23-11-16-15(20(23)26)8-18(22-19(16)13-4-3-5-13)25-6-7-27-17(12-25)14-9-21-24(2)10-14/h8-10,13,17H,3-7,11-12H2,1-2H3. The van der Waals surface area contributed by atoms with E-state index in [2.05, 4.69) is 10.00 Å². The molecule has 0 N–H and O–H groups in total. The molecule has 2 aliphatic heterocycles. The lowest BCUT2D eigenvalue weighted by Gasteiger charge is -2.35. The van der Waals surface area contributed by atoms with Crippen molar-refractivity contribution >= 4 is 11.7 Å². The Bertz CT molecular complexity index is 888. The van der Waals surface area contributed by atoms with Crippen molar-refractivity contribution in [1.29, 1.82) is 0 Å². The lowest BCUT2D eigenvalue weighted by Crippen LogP contribution is -2.39. The van der Waals surface area contributed by atoms with Crippen molar-refractivity contribution in [1.82, 2.24) is 19.7 Å². The van der Waals surface area contributed by atoms with E-state index in [1.165, 1.54) is 19.3 Å². The molecule has 1 amide bonds. The Hall–Kier alpha value is -2.41. The molecular weight excluding hydrogens is 342 g/mol. The molecule has 0 radical (unpaired) electrons. The smallest absolute Gasteiger partial charge is 0.254 e. The van der Waals surface area contributed by atoms with Crippen LogP contribution in [0.5, 0.6) is 0 Å². The van der Waals surface area contributed by atoms with Gasteiger partial charge in [-0.1, -0.05) is 6.42 Å². The molecule has 1 saturated carbocycles. The largest absolute Gasteiger partial charge is 0.370 e. The number of amides is 1. The van der Waals surface area contributed by atoms with Crippen LogP contribution < -0.4 is 4.90 Å². The number of hydrogen-bond donors (Lipinski definition) is 0. The van der Waals surface area contributed by atoms with Crippen LogP contribution in [-0.4, -0.2) is 52.3 Å². The number of nitrogens with zero attached hydrogens (tertiary/aromatic N) is 5. The summed E-state index contributed by atoms with van der Waals surface area (Å²) in [6.07, 6.45) is 7.47. The topological polar surface area (TPSA) is 63.5 Å². The monoisotopic (exact) mass is 367 g/mol. The number of anilines is 1. The minimum Gasteiger partial charge on any atom is -0.370 e. The molecular formula is C20H25N5O2.